The Hall–Kier alpha value is -1.31. The normalized spacial score (nSPS) is 11.4. The fourth-order valence-electron chi connectivity index (χ4n) is 1.33. The molecule has 2 nitrogen and oxygen atoms in total. The zero-order valence-corrected chi connectivity index (χ0v) is 9.40. The van der Waals surface area contributed by atoms with E-state index in [1.165, 1.54) is 0 Å². The van der Waals surface area contributed by atoms with Crippen LogP contribution in [-0.2, 0) is 4.79 Å². The Labute approximate surface area is 91.0 Å². The molecule has 82 valence electrons. The highest BCUT2D eigenvalue weighted by atomic mass is 16.3. The van der Waals surface area contributed by atoms with E-state index in [-0.39, 0.29) is 5.78 Å². The quantitative estimate of drug-likeness (QED) is 0.664. The number of ketones is 1. The Bertz CT molecular complexity index is 307. The molecule has 2 heteroatoms. The number of carbonyl (C=O) groups excluding carboxylic acids is 1. The molecule has 0 bridgehead atoms. The molecule has 0 aliphatic rings. The van der Waals surface area contributed by atoms with Gasteiger partial charge < -0.3 is 4.42 Å². The fraction of sp³-hybridized carbons (Fsp3) is 0.462. The molecule has 1 aromatic heterocycles. The second kappa shape index (κ2) is 6.23. The van der Waals surface area contributed by atoms with E-state index in [9.17, 15) is 4.79 Å². The van der Waals surface area contributed by atoms with Crippen LogP contribution in [-0.4, -0.2) is 5.78 Å². The molecule has 0 atom stereocenters. The van der Waals surface area contributed by atoms with Gasteiger partial charge in [0.2, 0.25) is 0 Å². The first kappa shape index (κ1) is 11.8. The molecule has 0 spiro atoms. The summed E-state index contributed by atoms with van der Waals surface area (Å²) in [4.78, 5) is 11.4. The zero-order valence-electron chi connectivity index (χ0n) is 9.40. The van der Waals surface area contributed by atoms with Crippen LogP contribution in [0.1, 0.15) is 38.9 Å². The minimum absolute atomic E-state index is 0.173. The largest absolute Gasteiger partial charge is 0.465 e. The SMILES string of the molecule is CC(C)CCCC(=O)/C=C/c1ccco1. The van der Waals surface area contributed by atoms with Gasteiger partial charge in [-0.1, -0.05) is 20.3 Å². The van der Waals surface area contributed by atoms with E-state index in [4.69, 9.17) is 4.42 Å². The average molecular weight is 206 g/mol. The molecule has 0 aliphatic carbocycles. The highest BCUT2D eigenvalue weighted by Gasteiger charge is 1.99. The Morgan fingerprint density at radius 3 is 2.93 bits per heavy atom. The second-order valence-electron chi connectivity index (χ2n) is 4.10. The molecule has 0 aromatic carbocycles. The van der Waals surface area contributed by atoms with Gasteiger partial charge in [0.25, 0.3) is 0 Å². The summed E-state index contributed by atoms with van der Waals surface area (Å²) in [5.41, 5.74) is 0. The van der Waals surface area contributed by atoms with Crippen molar-refractivity contribution in [2.75, 3.05) is 0 Å². The van der Waals surface area contributed by atoms with Gasteiger partial charge in [-0.15, -0.1) is 0 Å². The zero-order chi connectivity index (χ0) is 11.1. The molecular weight excluding hydrogens is 188 g/mol. The topological polar surface area (TPSA) is 30.2 Å². The van der Waals surface area contributed by atoms with Crippen molar-refractivity contribution in [1.29, 1.82) is 0 Å². The van der Waals surface area contributed by atoms with Crippen LogP contribution in [0.25, 0.3) is 6.08 Å². The van der Waals surface area contributed by atoms with Crippen LogP contribution in [0.3, 0.4) is 0 Å². The van der Waals surface area contributed by atoms with Gasteiger partial charge in [-0.3, -0.25) is 4.79 Å². The summed E-state index contributed by atoms with van der Waals surface area (Å²) >= 11 is 0. The van der Waals surface area contributed by atoms with E-state index < -0.39 is 0 Å². The molecule has 0 amide bonds. The van der Waals surface area contributed by atoms with Gasteiger partial charge >= 0.3 is 0 Å². The highest BCUT2D eigenvalue weighted by molar-refractivity contribution is 5.93. The first-order valence-electron chi connectivity index (χ1n) is 5.43. The van der Waals surface area contributed by atoms with E-state index in [0.29, 0.717) is 12.3 Å². The molecule has 0 saturated carbocycles. The van der Waals surface area contributed by atoms with Crippen molar-refractivity contribution in [3.05, 3.63) is 30.2 Å². The number of rotatable bonds is 6. The van der Waals surface area contributed by atoms with Gasteiger partial charge in [-0.05, 0) is 36.6 Å². The van der Waals surface area contributed by atoms with Crippen molar-refractivity contribution in [3.63, 3.8) is 0 Å². The van der Waals surface area contributed by atoms with Crippen LogP contribution < -0.4 is 0 Å². The van der Waals surface area contributed by atoms with E-state index in [2.05, 4.69) is 13.8 Å². The van der Waals surface area contributed by atoms with Crippen LogP contribution in [0.4, 0.5) is 0 Å². The van der Waals surface area contributed by atoms with Crippen molar-refractivity contribution < 1.29 is 9.21 Å². The maximum Gasteiger partial charge on any atom is 0.155 e. The van der Waals surface area contributed by atoms with Gasteiger partial charge in [-0.2, -0.15) is 0 Å². The van der Waals surface area contributed by atoms with Gasteiger partial charge in [0.1, 0.15) is 5.76 Å². The van der Waals surface area contributed by atoms with Crippen LogP contribution >= 0.6 is 0 Å². The third-order valence-electron chi connectivity index (χ3n) is 2.18. The molecule has 0 N–H and O–H groups in total. The van der Waals surface area contributed by atoms with E-state index >= 15 is 0 Å². The summed E-state index contributed by atoms with van der Waals surface area (Å²) in [5.74, 6) is 1.58. The molecule has 15 heavy (non-hydrogen) atoms. The summed E-state index contributed by atoms with van der Waals surface area (Å²) in [6.07, 6.45) is 7.63. The molecule has 0 unspecified atom stereocenters. The Kier molecular flexibility index (Phi) is 4.88. The minimum Gasteiger partial charge on any atom is -0.465 e. The lowest BCUT2D eigenvalue weighted by Gasteiger charge is -2.01. The summed E-state index contributed by atoms with van der Waals surface area (Å²) in [5, 5.41) is 0. The van der Waals surface area contributed by atoms with E-state index in [1.54, 1.807) is 18.4 Å². The summed E-state index contributed by atoms with van der Waals surface area (Å²) in [6.45, 7) is 4.34. The van der Waals surface area contributed by atoms with Crippen LogP contribution in [0.2, 0.25) is 0 Å². The monoisotopic (exact) mass is 206 g/mol. The van der Waals surface area contributed by atoms with E-state index in [0.717, 1.165) is 18.6 Å². The van der Waals surface area contributed by atoms with Crippen molar-refractivity contribution in [2.45, 2.75) is 33.1 Å². The molecule has 1 rings (SSSR count). The van der Waals surface area contributed by atoms with E-state index in [1.807, 2.05) is 12.1 Å². The lowest BCUT2D eigenvalue weighted by Crippen LogP contribution is -1.94. The smallest absolute Gasteiger partial charge is 0.155 e. The van der Waals surface area contributed by atoms with Gasteiger partial charge in [0, 0.05) is 6.42 Å². The summed E-state index contributed by atoms with van der Waals surface area (Å²) < 4.78 is 5.09. The second-order valence-corrected chi connectivity index (χ2v) is 4.10. The summed E-state index contributed by atoms with van der Waals surface area (Å²) in [6, 6.07) is 3.64. The van der Waals surface area contributed by atoms with Crippen molar-refractivity contribution >= 4 is 11.9 Å². The third kappa shape index (κ3) is 5.21. The maximum atomic E-state index is 11.4. The number of allylic oxidation sites excluding steroid dienone is 1. The molecule has 0 radical (unpaired) electrons. The Morgan fingerprint density at radius 1 is 1.53 bits per heavy atom. The van der Waals surface area contributed by atoms with Crippen molar-refractivity contribution in [3.8, 4) is 0 Å². The van der Waals surface area contributed by atoms with Crippen molar-refractivity contribution in [2.24, 2.45) is 5.92 Å². The summed E-state index contributed by atoms with van der Waals surface area (Å²) in [7, 11) is 0. The lowest BCUT2D eigenvalue weighted by molar-refractivity contribution is -0.114. The lowest BCUT2D eigenvalue weighted by atomic mass is 10.0. The highest BCUT2D eigenvalue weighted by Crippen LogP contribution is 2.08. The average Bonchev–Trinajstić information content (AvgIpc) is 2.66. The number of hydrogen-bond donors (Lipinski definition) is 0. The minimum atomic E-state index is 0.173. The van der Waals surface area contributed by atoms with Crippen LogP contribution in [0.15, 0.2) is 28.9 Å². The van der Waals surface area contributed by atoms with Crippen molar-refractivity contribution in [1.82, 2.24) is 0 Å². The molecule has 0 fully saturated rings. The molecule has 1 aromatic rings. The standard InChI is InChI=1S/C13H18O2/c1-11(2)5-3-6-12(14)8-9-13-7-4-10-15-13/h4,7-11H,3,5-6H2,1-2H3/b9-8+. The Morgan fingerprint density at radius 2 is 2.33 bits per heavy atom. The predicted octanol–water partition coefficient (Wildman–Crippen LogP) is 3.69. The molecular formula is C13H18O2. The van der Waals surface area contributed by atoms with Gasteiger partial charge in [-0.25, -0.2) is 0 Å². The molecule has 0 saturated heterocycles. The number of furan rings is 1. The van der Waals surface area contributed by atoms with Gasteiger partial charge in [0.05, 0.1) is 6.26 Å². The number of carbonyl (C=O) groups is 1. The first-order valence-corrected chi connectivity index (χ1v) is 5.43. The third-order valence-corrected chi connectivity index (χ3v) is 2.18. The predicted molar refractivity (Wildman–Crippen MR) is 61.4 cm³/mol. The Balaban J connectivity index is 2.24. The number of hydrogen-bond acceptors (Lipinski definition) is 2. The first-order chi connectivity index (χ1) is 7.18. The van der Waals surface area contributed by atoms with Crippen LogP contribution in [0, 0.1) is 5.92 Å². The van der Waals surface area contributed by atoms with Crippen LogP contribution in [0.5, 0.6) is 0 Å². The fourth-order valence-corrected chi connectivity index (χ4v) is 1.33. The maximum absolute atomic E-state index is 11.4. The molecule has 1 heterocycles. The molecule has 0 aliphatic heterocycles. The van der Waals surface area contributed by atoms with Gasteiger partial charge in [0.15, 0.2) is 5.78 Å².